The van der Waals surface area contributed by atoms with Crippen LogP contribution in [0.1, 0.15) is 32.7 Å². The van der Waals surface area contributed by atoms with Crippen LogP contribution in [-0.2, 0) is 0 Å². The third-order valence-corrected chi connectivity index (χ3v) is 5.24. The maximum absolute atomic E-state index is 13.0. The molecule has 0 saturated heterocycles. The van der Waals surface area contributed by atoms with Gasteiger partial charge in [0.05, 0.1) is 38.6 Å². The van der Waals surface area contributed by atoms with Gasteiger partial charge in [-0.15, -0.1) is 0 Å². The summed E-state index contributed by atoms with van der Waals surface area (Å²) in [5.41, 5.74) is 8.03. The number of aromatic nitrogens is 2. The van der Waals surface area contributed by atoms with Crippen molar-refractivity contribution in [1.29, 1.82) is 0 Å². The number of rotatable bonds is 6. The normalized spacial score (nSPS) is 11.1. The molecule has 1 heterocycles. The number of amides is 1. The van der Waals surface area contributed by atoms with E-state index in [9.17, 15) is 4.79 Å². The molecule has 1 aromatic heterocycles. The molecule has 0 radical (unpaired) electrons. The predicted octanol–water partition coefficient (Wildman–Crippen LogP) is 2.65. The van der Waals surface area contributed by atoms with Crippen LogP contribution >= 0.6 is 0 Å². The van der Waals surface area contributed by atoms with Gasteiger partial charge in [0.2, 0.25) is 0 Å². The van der Waals surface area contributed by atoms with Gasteiger partial charge in [-0.25, -0.2) is 4.68 Å². The summed E-state index contributed by atoms with van der Waals surface area (Å²) in [6.45, 7) is 9.80. The number of quaternary nitrogens is 1. The molecule has 29 heavy (non-hydrogen) atoms. The van der Waals surface area contributed by atoms with Gasteiger partial charge in [-0.05, 0) is 62.6 Å². The van der Waals surface area contributed by atoms with Crippen molar-refractivity contribution in [1.82, 2.24) is 15.1 Å². The zero-order chi connectivity index (χ0) is 21.1. The van der Waals surface area contributed by atoms with Crippen LogP contribution in [0.2, 0.25) is 0 Å². The van der Waals surface area contributed by atoms with Gasteiger partial charge in [-0.1, -0.05) is 29.8 Å². The first-order valence-electron chi connectivity index (χ1n) is 10.1. The van der Waals surface area contributed by atoms with Crippen LogP contribution in [-0.4, -0.2) is 42.9 Å². The molecule has 3 rings (SSSR count). The molecular weight excluding hydrogens is 360 g/mol. The molecule has 0 spiro atoms. The summed E-state index contributed by atoms with van der Waals surface area (Å²) in [5, 5.41) is 7.86. The number of nitrogens with zero attached hydrogens (tertiary/aromatic N) is 2. The van der Waals surface area contributed by atoms with E-state index in [1.54, 1.807) is 4.68 Å². The molecule has 0 saturated carbocycles. The highest BCUT2D eigenvalue weighted by atomic mass is 16.2. The highest BCUT2D eigenvalue weighted by Gasteiger charge is 2.19. The number of carbonyl (C=O) groups is 1. The third kappa shape index (κ3) is 4.74. The number of likely N-dealkylation sites (N-methyl/N-ethyl adjacent to an activating group) is 1. The van der Waals surface area contributed by atoms with Crippen LogP contribution in [0.3, 0.4) is 0 Å². The van der Waals surface area contributed by atoms with E-state index in [1.165, 1.54) is 21.6 Å². The molecule has 0 unspecified atom stereocenters. The lowest BCUT2D eigenvalue weighted by Gasteiger charge is -2.12. The van der Waals surface area contributed by atoms with Crippen LogP contribution in [0.25, 0.3) is 16.9 Å². The van der Waals surface area contributed by atoms with Gasteiger partial charge >= 0.3 is 0 Å². The lowest BCUT2D eigenvalue weighted by Crippen LogP contribution is -3.06. The highest BCUT2D eigenvalue weighted by Crippen LogP contribution is 2.25. The van der Waals surface area contributed by atoms with Crippen molar-refractivity contribution in [3.63, 3.8) is 0 Å². The molecule has 0 atom stereocenters. The Balaban J connectivity index is 2.05. The Kier molecular flexibility index (Phi) is 6.18. The molecule has 0 fully saturated rings. The fraction of sp³-hybridized carbons (Fsp3) is 0.333. The van der Waals surface area contributed by atoms with Gasteiger partial charge in [0.25, 0.3) is 5.91 Å². The molecule has 0 aliphatic rings. The SMILES string of the molecule is Cc1ccc(-n2nc(-c3ccc(C)c(C)c3)cc2C(=O)NCC[NH+](C)C)c(C)c1. The van der Waals surface area contributed by atoms with Crippen molar-refractivity contribution >= 4 is 5.91 Å². The van der Waals surface area contributed by atoms with E-state index < -0.39 is 0 Å². The molecule has 152 valence electrons. The number of hydrogen-bond acceptors (Lipinski definition) is 2. The maximum atomic E-state index is 13.0. The van der Waals surface area contributed by atoms with Crippen molar-refractivity contribution in [2.75, 3.05) is 27.2 Å². The molecule has 3 aromatic rings. The van der Waals surface area contributed by atoms with Gasteiger partial charge in [0.15, 0.2) is 0 Å². The van der Waals surface area contributed by atoms with E-state index in [1.807, 2.05) is 12.1 Å². The standard InChI is InChI=1S/C24H30N4O/c1-16-7-10-22(19(4)13-16)28-23(24(29)25-11-12-27(5)6)15-21(26-28)20-9-8-17(2)18(3)14-20/h7-10,13-15H,11-12H2,1-6H3,(H,25,29)/p+1. The average Bonchev–Trinajstić information content (AvgIpc) is 3.08. The minimum absolute atomic E-state index is 0.103. The summed E-state index contributed by atoms with van der Waals surface area (Å²) >= 11 is 0. The Morgan fingerprint density at radius 3 is 2.38 bits per heavy atom. The van der Waals surface area contributed by atoms with Crippen LogP contribution in [0, 0.1) is 27.7 Å². The lowest BCUT2D eigenvalue weighted by molar-refractivity contribution is -0.856. The summed E-state index contributed by atoms with van der Waals surface area (Å²) in [7, 11) is 4.15. The number of benzene rings is 2. The molecule has 2 N–H and O–H groups in total. The maximum Gasteiger partial charge on any atom is 0.270 e. The molecule has 0 aliphatic carbocycles. The van der Waals surface area contributed by atoms with Gasteiger partial charge in [-0.2, -0.15) is 5.10 Å². The second-order valence-corrected chi connectivity index (χ2v) is 8.13. The summed E-state index contributed by atoms with van der Waals surface area (Å²) < 4.78 is 1.77. The smallest absolute Gasteiger partial charge is 0.270 e. The largest absolute Gasteiger partial charge is 0.345 e. The van der Waals surface area contributed by atoms with E-state index in [4.69, 9.17) is 5.10 Å². The molecule has 5 heteroatoms. The highest BCUT2D eigenvalue weighted by molar-refractivity contribution is 5.94. The quantitative estimate of drug-likeness (QED) is 0.679. The first-order chi connectivity index (χ1) is 13.8. The fourth-order valence-electron chi connectivity index (χ4n) is 3.33. The van der Waals surface area contributed by atoms with Crippen LogP contribution in [0.5, 0.6) is 0 Å². The van der Waals surface area contributed by atoms with Gasteiger partial charge in [-0.3, -0.25) is 4.79 Å². The number of nitrogens with one attached hydrogen (secondary N) is 2. The molecule has 2 aromatic carbocycles. The lowest BCUT2D eigenvalue weighted by atomic mass is 10.0. The van der Waals surface area contributed by atoms with Crippen molar-refractivity contribution in [2.45, 2.75) is 27.7 Å². The van der Waals surface area contributed by atoms with Crippen LogP contribution < -0.4 is 10.2 Å². The predicted molar refractivity (Wildman–Crippen MR) is 118 cm³/mol. The molecular formula is C24H31N4O+. The zero-order valence-corrected chi connectivity index (χ0v) is 18.3. The van der Waals surface area contributed by atoms with E-state index in [0.717, 1.165) is 29.1 Å². The molecule has 5 nitrogen and oxygen atoms in total. The van der Waals surface area contributed by atoms with Crippen LogP contribution in [0.15, 0.2) is 42.5 Å². The van der Waals surface area contributed by atoms with E-state index in [0.29, 0.717) is 12.2 Å². The Morgan fingerprint density at radius 2 is 1.72 bits per heavy atom. The first kappa shape index (κ1) is 20.8. The van der Waals surface area contributed by atoms with E-state index in [2.05, 4.69) is 77.4 Å². The minimum Gasteiger partial charge on any atom is -0.345 e. The summed E-state index contributed by atoms with van der Waals surface area (Å²) in [5.74, 6) is -0.103. The Bertz CT molecular complexity index is 1030. The van der Waals surface area contributed by atoms with Gasteiger partial charge in [0.1, 0.15) is 5.69 Å². The average molecular weight is 392 g/mol. The van der Waals surface area contributed by atoms with Crippen molar-refractivity contribution < 1.29 is 9.69 Å². The fourth-order valence-corrected chi connectivity index (χ4v) is 3.33. The van der Waals surface area contributed by atoms with Crippen molar-refractivity contribution in [3.05, 3.63) is 70.4 Å². The second kappa shape index (κ2) is 8.62. The van der Waals surface area contributed by atoms with Crippen molar-refractivity contribution in [3.8, 4) is 16.9 Å². The zero-order valence-electron chi connectivity index (χ0n) is 18.3. The van der Waals surface area contributed by atoms with E-state index in [-0.39, 0.29) is 5.91 Å². The topological polar surface area (TPSA) is 51.4 Å². The molecule has 0 bridgehead atoms. The Morgan fingerprint density at radius 1 is 0.966 bits per heavy atom. The third-order valence-electron chi connectivity index (χ3n) is 5.24. The summed E-state index contributed by atoms with van der Waals surface area (Å²) in [4.78, 5) is 14.3. The number of aryl methyl sites for hydroxylation is 4. The Labute approximate surface area is 173 Å². The number of hydrogen-bond donors (Lipinski definition) is 2. The van der Waals surface area contributed by atoms with E-state index >= 15 is 0 Å². The second-order valence-electron chi connectivity index (χ2n) is 8.13. The summed E-state index contributed by atoms with van der Waals surface area (Å²) in [6.07, 6.45) is 0. The molecule has 0 aliphatic heterocycles. The summed E-state index contributed by atoms with van der Waals surface area (Å²) in [6, 6.07) is 14.4. The first-order valence-corrected chi connectivity index (χ1v) is 10.1. The van der Waals surface area contributed by atoms with Gasteiger partial charge in [0, 0.05) is 5.56 Å². The van der Waals surface area contributed by atoms with Crippen LogP contribution in [0.4, 0.5) is 0 Å². The monoisotopic (exact) mass is 391 g/mol. The number of carbonyl (C=O) groups excluding carboxylic acids is 1. The van der Waals surface area contributed by atoms with Crippen molar-refractivity contribution in [2.24, 2.45) is 0 Å². The minimum atomic E-state index is -0.103. The van der Waals surface area contributed by atoms with Gasteiger partial charge < -0.3 is 10.2 Å². The molecule has 1 amide bonds. The Hall–Kier alpha value is -2.92.